The van der Waals surface area contributed by atoms with Crippen LogP contribution in [0, 0.1) is 10.1 Å². The van der Waals surface area contributed by atoms with E-state index in [0.29, 0.717) is 0 Å². The summed E-state index contributed by atoms with van der Waals surface area (Å²) in [6.07, 6.45) is 1.90. The number of H-pyrrole nitrogens is 1. The summed E-state index contributed by atoms with van der Waals surface area (Å²) in [5.41, 5.74) is 0.336. The van der Waals surface area contributed by atoms with E-state index >= 15 is 0 Å². The molecule has 132 valence electrons. The van der Waals surface area contributed by atoms with E-state index in [0.717, 1.165) is 18.3 Å². The summed E-state index contributed by atoms with van der Waals surface area (Å²) in [7, 11) is 0. The lowest BCUT2D eigenvalue weighted by Crippen LogP contribution is -2.31. The number of nitrogens with zero attached hydrogens (tertiary/aromatic N) is 2. The Labute approximate surface area is 143 Å². The second-order valence-electron chi connectivity index (χ2n) is 5.32. The number of amides is 1. The van der Waals surface area contributed by atoms with Crippen LogP contribution in [0.5, 0.6) is 5.88 Å². The molecule has 0 spiro atoms. The van der Waals surface area contributed by atoms with Crippen molar-refractivity contribution in [1.82, 2.24) is 15.3 Å². The predicted octanol–water partition coefficient (Wildman–Crippen LogP) is 1.50. The third-order valence-corrected chi connectivity index (χ3v) is 3.58. The highest BCUT2D eigenvalue weighted by atomic mass is 16.6. The van der Waals surface area contributed by atoms with Crippen molar-refractivity contribution in [3.63, 3.8) is 0 Å². The average molecular weight is 346 g/mol. The molecule has 2 rings (SSSR count). The molecule has 0 bridgehead atoms. The quantitative estimate of drug-likeness (QED) is 0.577. The fraction of sp³-hybridized carbons (Fsp3) is 0.312. The fourth-order valence-electron chi connectivity index (χ4n) is 2.19. The molecule has 2 aromatic rings. The number of aryl methyl sites for hydroxylation is 1. The van der Waals surface area contributed by atoms with Gasteiger partial charge in [0.2, 0.25) is 0 Å². The van der Waals surface area contributed by atoms with E-state index in [2.05, 4.69) is 22.2 Å². The number of nitrogens with one attached hydrogen (secondary N) is 2. The van der Waals surface area contributed by atoms with Crippen molar-refractivity contribution >= 4 is 11.6 Å². The molecule has 0 aliphatic heterocycles. The van der Waals surface area contributed by atoms with Crippen molar-refractivity contribution in [2.45, 2.75) is 26.3 Å². The van der Waals surface area contributed by atoms with Gasteiger partial charge >= 0.3 is 17.1 Å². The Hall–Kier alpha value is -3.23. The molecular formula is C16H18N4O5. The molecule has 0 aliphatic rings. The zero-order chi connectivity index (χ0) is 18.4. The topological polar surface area (TPSA) is 127 Å². The Balaban J connectivity index is 1.98. The lowest BCUT2D eigenvalue weighted by atomic mass is 10.1. The molecule has 9 nitrogen and oxygen atoms in total. The molecule has 0 saturated heterocycles. The Morgan fingerprint density at radius 1 is 1.40 bits per heavy atom. The minimum absolute atomic E-state index is 0.260. The van der Waals surface area contributed by atoms with Gasteiger partial charge < -0.3 is 15.0 Å². The van der Waals surface area contributed by atoms with Gasteiger partial charge in [0.05, 0.1) is 17.3 Å². The number of rotatable bonds is 7. The Morgan fingerprint density at radius 2 is 2.08 bits per heavy atom. The minimum atomic E-state index is -0.945. The van der Waals surface area contributed by atoms with Crippen LogP contribution in [0.15, 0.2) is 35.4 Å². The van der Waals surface area contributed by atoms with E-state index in [9.17, 15) is 19.7 Å². The van der Waals surface area contributed by atoms with E-state index in [4.69, 9.17) is 4.74 Å². The zero-order valence-corrected chi connectivity index (χ0v) is 13.8. The maximum atomic E-state index is 12.0. The Morgan fingerprint density at radius 3 is 2.68 bits per heavy atom. The number of carbonyl (C=O) groups excluding carboxylic acids is 1. The number of benzene rings is 1. The highest BCUT2D eigenvalue weighted by Gasteiger charge is 2.23. The molecule has 0 fully saturated rings. The van der Waals surface area contributed by atoms with E-state index in [1.165, 1.54) is 5.56 Å². The number of nitro groups is 1. The van der Waals surface area contributed by atoms with Crippen LogP contribution in [0.25, 0.3) is 0 Å². The van der Waals surface area contributed by atoms with Crippen molar-refractivity contribution in [3.05, 3.63) is 62.2 Å². The monoisotopic (exact) mass is 346 g/mol. The Kier molecular flexibility index (Phi) is 5.83. The molecule has 9 heteroatoms. The molecule has 1 amide bonds. The van der Waals surface area contributed by atoms with Gasteiger partial charge in [-0.25, -0.2) is 0 Å². The van der Waals surface area contributed by atoms with Gasteiger partial charge in [-0.2, -0.15) is 4.98 Å². The summed E-state index contributed by atoms with van der Waals surface area (Å²) < 4.78 is 5.03. The van der Waals surface area contributed by atoms with Gasteiger partial charge in [0.1, 0.15) is 0 Å². The zero-order valence-electron chi connectivity index (χ0n) is 13.8. The molecule has 0 saturated carbocycles. The predicted molar refractivity (Wildman–Crippen MR) is 89.4 cm³/mol. The number of ether oxygens (including phenoxy) is 1. The number of hydrogen-bond donors (Lipinski definition) is 2. The van der Waals surface area contributed by atoms with Crippen LogP contribution in [0.3, 0.4) is 0 Å². The third kappa shape index (κ3) is 4.63. The van der Waals surface area contributed by atoms with Gasteiger partial charge in [-0.1, -0.05) is 31.2 Å². The molecule has 25 heavy (non-hydrogen) atoms. The van der Waals surface area contributed by atoms with Crippen LogP contribution >= 0.6 is 0 Å². The van der Waals surface area contributed by atoms with E-state index in [-0.39, 0.29) is 6.04 Å². The standard InChI is InChI=1S/C16H18N4O5/c1-3-11-4-6-12(7-5-11)10(2)19-13(21)8-25-16-14(20(23)24)15(22)17-9-18-16/h4-7,9-10H,3,8H2,1-2H3,(H,19,21)(H,17,18,22)/t10-/m0/s1. The first-order chi connectivity index (χ1) is 11.9. The number of carbonyl (C=O) groups is 1. The second-order valence-corrected chi connectivity index (χ2v) is 5.32. The first kappa shape index (κ1) is 18.1. The molecule has 1 aromatic carbocycles. The van der Waals surface area contributed by atoms with Crippen molar-refractivity contribution < 1.29 is 14.5 Å². The molecule has 1 heterocycles. The van der Waals surface area contributed by atoms with Gasteiger partial charge in [-0.05, 0) is 24.5 Å². The molecular weight excluding hydrogens is 328 g/mol. The summed E-state index contributed by atoms with van der Waals surface area (Å²) in [5.74, 6) is -0.979. The van der Waals surface area contributed by atoms with Crippen molar-refractivity contribution in [2.75, 3.05) is 6.61 Å². The van der Waals surface area contributed by atoms with Crippen molar-refractivity contribution in [3.8, 4) is 5.88 Å². The highest BCUT2D eigenvalue weighted by molar-refractivity contribution is 5.78. The average Bonchev–Trinajstić information content (AvgIpc) is 2.59. The minimum Gasteiger partial charge on any atom is -0.463 e. The van der Waals surface area contributed by atoms with Gasteiger partial charge in [0, 0.05) is 0 Å². The van der Waals surface area contributed by atoms with E-state index < -0.39 is 34.6 Å². The third-order valence-electron chi connectivity index (χ3n) is 3.58. The molecule has 0 radical (unpaired) electrons. The van der Waals surface area contributed by atoms with Crippen LogP contribution < -0.4 is 15.6 Å². The molecule has 0 aliphatic carbocycles. The van der Waals surface area contributed by atoms with Crippen molar-refractivity contribution in [2.24, 2.45) is 0 Å². The lowest BCUT2D eigenvalue weighted by Gasteiger charge is -2.15. The van der Waals surface area contributed by atoms with Gasteiger partial charge in [0.15, 0.2) is 6.61 Å². The van der Waals surface area contributed by atoms with Crippen LogP contribution in [0.1, 0.15) is 31.0 Å². The van der Waals surface area contributed by atoms with E-state index in [1.54, 1.807) is 0 Å². The molecule has 0 unspecified atom stereocenters. The van der Waals surface area contributed by atoms with Gasteiger partial charge in [-0.3, -0.25) is 19.7 Å². The van der Waals surface area contributed by atoms with Crippen LogP contribution in [0.4, 0.5) is 5.69 Å². The number of hydrogen-bond acceptors (Lipinski definition) is 6. The maximum Gasteiger partial charge on any atom is 0.395 e. The first-order valence-corrected chi connectivity index (χ1v) is 7.65. The molecule has 1 aromatic heterocycles. The first-order valence-electron chi connectivity index (χ1n) is 7.65. The van der Waals surface area contributed by atoms with Crippen LogP contribution in [0.2, 0.25) is 0 Å². The summed E-state index contributed by atoms with van der Waals surface area (Å²) in [5, 5.41) is 13.6. The highest BCUT2D eigenvalue weighted by Crippen LogP contribution is 2.18. The normalized spacial score (nSPS) is 11.6. The van der Waals surface area contributed by atoms with Crippen LogP contribution in [-0.2, 0) is 11.2 Å². The summed E-state index contributed by atoms with van der Waals surface area (Å²) >= 11 is 0. The smallest absolute Gasteiger partial charge is 0.395 e. The van der Waals surface area contributed by atoms with E-state index in [1.807, 2.05) is 31.2 Å². The van der Waals surface area contributed by atoms with Gasteiger partial charge in [0.25, 0.3) is 5.91 Å². The largest absolute Gasteiger partial charge is 0.463 e. The summed E-state index contributed by atoms with van der Waals surface area (Å²) in [6, 6.07) is 7.56. The Bertz CT molecular complexity index is 816. The number of aromatic nitrogens is 2. The number of aromatic amines is 1. The molecule has 1 atom stereocenters. The van der Waals surface area contributed by atoms with Crippen LogP contribution in [-0.4, -0.2) is 27.4 Å². The second kappa shape index (κ2) is 8.04. The summed E-state index contributed by atoms with van der Waals surface area (Å²) in [6.45, 7) is 3.38. The SMILES string of the molecule is CCc1ccc([C@H](C)NC(=O)COc2nc[nH]c(=O)c2[N+](=O)[O-])cc1. The van der Waals surface area contributed by atoms with Gasteiger partial charge in [-0.15, -0.1) is 0 Å². The van der Waals surface area contributed by atoms with Crippen molar-refractivity contribution in [1.29, 1.82) is 0 Å². The molecule has 2 N–H and O–H groups in total. The lowest BCUT2D eigenvalue weighted by molar-refractivity contribution is -0.387. The maximum absolute atomic E-state index is 12.0. The summed E-state index contributed by atoms with van der Waals surface area (Å²) in [4.78, 5) is 39.0. The fourth-order valence-corrected chi connectivity index (χ4v) is 2.19.